The van der Waals surface area contributed by atoms with Gasteiger partial charge in [-0.25, -0.2) is 15.0 Å². The molecule has 168 valence electrons. The van der Waals surface area contributed by atoms with Crippen LogP contribution in [0.5, 0.6) is 0 Å². The molecule has 1 unspecified atom stereocenters. The first-order chi connectivity index (χ1) is 15.2. The number of aliphatic hydroxyl groups is 1. The molecule has 0 radical (unpaired) electrons. The molecule has 0 aliphatic heterocycles. The third kappa shape index (κ3) is 4.81. The van der Waals surface area contributed by atoms with Crippen LogP contribution in [0, 0.1) is 25.7 Å². The van der Waals surface area contributed by atoms with Gasteiger partial charge in [-0.05, 0) is 87.8 Å². The number of nitrogens with zero attached hydrogens (tertiary/aromatic N) is 3. The van der Waals surface area contributed by atoms with Crippen molar-refractivity contribution in [2.45, 2.75) is 52.1 Å². The Hall–Kier alpha value is -2.84. The fourth-order valence-electron chi connectivity index (χ4n) is 4.30. The Bertz CT molecular complexity index is 1120. The molecule has 1 fully saturated rings. The highest BCUT2D eigenvalue weighted by molar-refractivity contribution is 7.15. The highest BCUT2D eigenvalue weighted by atomic mass is 32.1. The van der Waals surface area contributed by atoms with Crippen LogP contribution in [0.2, 0.25) is 0 Å². The highest BCUT2D eigenvalue weighted by Gasteiger charge is 2.40. The fraction of sp³-hybridized carbons (Fsp3) is 0.417. The molecule has 3 heterocycles. The number of thiazole rings is 1. The van der Waals surface area contributed by atoms with E-state index in [9.17, 15) is 15.0 Å². The summed E-state index contributed by atoms with van der Waals surface area (Å²) in [6.07, 6.45) is 6.06. The van der Waals surface area contributed by atoms with Gasteiger partial charge in [0, 0.05) is 12.4 Å². The van der Waals surface area contributed by atoms with E-state index >= 15 is 0 Å². The molecule has 3 aromatic heterocycles. The van der Waals surface area contributed by atoms with Crippen molar-refractivity contribution in [1.82, 2.24) is 15.0 Å². The molecule has 7 nitrogen and oxygen atoms in total. The monoisotopic (exact) mass is 452 g/mol. The van der Waals surface area contributed by atoms with Crippen molar-refractivity contribution in [2.75, 3.05) is 5.32 Å². The summed E-state index contributed by atoms with van der Waals surface area (Å²) in [7, 11) is 0. The molecule has 0 amide bonds. The van der Waals surface area contributed by atoms with Gasteiger partial charge in [0.2, 0.25) is 0 Å². The van der Waals surface area contributed by atoms with Gasteiger partial charge in [0.15, 0.2) is 0 Å². The molecule has 32 heavy (non-hydrogen) atoms. The number of carboxylic acid groups (broad SMARTS) is 1. The topological polar surface area (TPSA) is 108 Å². The van der Waals surface area contributed by atoms with Gasteiger partial charge in [-0.2, -0.15) is 0 Å². The summed E-state index contributed by atoms with van der Waals surface area (Å²) in [5.74, 6) is 0.382. The predicted octanol–water partition coefficient (Wildman–Crippen LogP) is 5.06. The van der Waals surface area contributed by atoms with Gasteiger partial charge in [0.05, 0.1) is 16.5 Å². The molecule has 1 aliphatic rings. The van der Waals surface area contributed by atoms with Crippen LogP contribution in [0.25, 0.3) is 10.6 Å². The molecule has 0 spiro atoms. The molecule has 0 bridgehead atoms. The summed E-state index contributed by atoms with van der Waals surface area (Å²) in [4.78, 5) is 25.7. The maximum atomic E-state index is 11.3. The average molecular weight is 453 g/mol. The fourth-order valence-corrected chi connectivity index (χ4v) is 5.30. The third-order valence-corrected chi connectivity index (χ3v) is 7.45. The number of hydrogen-bond acceptors (Lipinski definition) is 7. The molecular weight excluding hydrogens is 424 g/mol. The van der Waals surface area contributed by atoms with Crippen LogP contribution < -0.4 is 5.32 Å². The van der Waals surface area contributed by atoms with Crippen LogP contribution >= 0.6 is 11.3 Å². The van der Waals surface area contributed by atoms with E-state index in [2.05, 4.69) is 15.3 Å². The number of anilines is 2. The lowest BCUT2D eigenvalue weighted by molar-refractivity contribution is -0.144. The van der Waals surface area contributed by atoms with E-state index in [0.29, 0.717) is 36.5 Å². The zero-order chi connectivity index (χ0) is 22.9. The smallest absolute Gasteiger partial charge is 0.306 e. The van der Waals surface area contributed by atoms with Gasteiger partial charge in [0.1, 0.15) is 22.2 Å². The average Bonchev–Trinajstić information content (AvgIpc) is 3.25. The first-order valence-electron chi connectivity index (χ1n) is 10.8. The quantitative estimate of drug-likeness (QED) is 0.480. The summed E-state index contributed by atoms with van der Waals surface area (Å²) in [6.45, 7) is 5.82. The molecule has 1 saturated carbocycles. The van der Waals surface area contributed by atoms with Gasteiger partial charge in [0.25, 0.3) is 0 Å². The van der Waals surface area contributed by atoms with Crippen molar-refractivity contribution < 1.29 is 15.0 Å². The lowest BCUT2D eigenvalue weighted by Gasteiger charge is -2.35. The zero-order valence-corrected chi connectivity index (χ0v) is 19.3. The van der Waals surface area contributed by atoms with Crippen LogP contribution in [0.4, 0.5) is 11.6 Å². The van der Waals surface area contributed by atoms with Crippen molar-refractivity contribution in [3.63, 3.8) is 0 Å². The normalized spacial score (nSPS) is 20.5. The minimum Gasteiger partial charge on any atom is -0.481 e. The van der Waals surface area contributed by atoms with Gasteiger partial charge in [-0.1, -0.05) is 0 Å². The van der Waals surface area contributed by atoms with Gasteiger partial charge in [-0.3, -0.25) is 4.79 Å². The predicted molar refractivity (Wildman–Crippen MR) is 125 cm³/mol. The van der Waals surface area contributed by atoms with Crippen LogP contribution in [-0.2, 0) is 10.4 Å². The van der Waals surface area contributed by atoms with Crippen LogP contribution in [0.1, 0.15) is 48.7 Å². The Balaban J connectivity index is 1.54. The van der Waals surface area contributed by atoms with Gasteiger partial charge < -0.3 is 15.5 Å². The summed E-state index contributed by atoms with van der Waals surface area (Å²) < 4.78 is 0. The number of aryl methyl sites for hydroxylation is 2. The summed E-state index contributed by atoms with van der Waals surface area (Å²) in [5.41, 5.74) is 1.86. The summed E-state index contributed by atoms with van der Waals surface area (Å²) in [6, 6.07) is 7.87. The number of nitrogens with one attached hydrogen (secondary N) is 1. The maximum absolute atomic E-state index is 11.3. The summed E-state index contributed by atoms with van der Waals surface area (Å²) in [5, 5.41) is 24.4. The first kappa shape index (κ1) is 22.4. The Kier molecular flexibility index (Phi) is 6.26. The third-order valence-electron chi connectivity index (χ3n) is 6.20. The molecule has 3 aromatic rings. The van der Waals surface area contributed by atoms with E-state index in [0.717, 1.165) is 27.5 Å². The van der Waals surface area contributed by atoms with E-state index in [4.69, 9.17) is 4.98 Å². The molecular formula is C24H28N4O3S. The number of pyridine rings is 2. The first-order valence-corrected chi connectivity index (χ1v) is 11.6. The zero-order valence-electron chi connectivity index (χ0n) is 18.5. The Morgan fingerprint density at radius 2 is 1.81 bits per heavy atom. The number of aliphatic carboxylic acids is 1. The molecule has 1 aliphatic carbocycles. The number of carbonyl (C=O) groups is 1. The molecule has 3 N–H and O–H groups in total. The molecule has 0 saturated heterocycles. The number of aromatic nitrogens is 3. The Labute approximate surface area is 191 Å². The minimum atomic E-state index is -1.09. The Morgan fingerprint density at radius 1 is 1.09 bits per heavy atom. The SMILES string of the molecule is Cc1ccnc(Nc2cc(C)cc(-c3cnc(C(C)(O)C4CCC(C(=O)O)CC4)s3)n2)c1. The second-order valence-corrected chi connectivity index (χ2v) is 9.85. The van der Waals surface area contributed by atoms with E-state index < -0.39 is 11.6 Å². The van der Waals surface area contributed by atoms with Crippen LogP contribution in [0.3, 0.4) is 0 Å². The lowest BCUT2D eigenvalue weighted by atomic mass is 9.74. The minimum absolute atomic E-state index is 0.00723. The van der Waals surface area contributed by atoms with E-state index in [1.807, 2.05) is 38.1 Å². The van der Waals surface area contributed by atoms with Gasteiger partial charge >= 0.3 is 5.97 Å². The van der Waals surface area contributed by atoms with Crippen LogP contribution in [-0.4, -0.2) is 31.1 Å². The second-order valence-electron chi connectivity index (χ2n) is 8.82. The van der Waals surface area contributed by atoms with Crippen molar-refractivity contribution >= 4 is 28.9 Å². The molecule has 0 aromatic carbocycles. The standard InChI is InChI=1S/C24H28N4O3S/c1-14-8-9-25-20(11-14)28-21-12-15(2)10-18(27-21)19-13-26-23(32-19)24(3,31)17-6-4-16(5-7-17)22(29)30/h8-13,16-17,31H,4-7H2,1-3H3,(H,29,30)(H,25,27,28). The highest BCUT2D eigenvalue weighted by Crippen LogP contribution is 2.43. The van der Waals surface area contributed by atoms with E-state index in [1.54, 1.807) is 19.3 Å². The summed E-state index contributed by atoms with van der Waals surface area (Å²) >= 11 is 1.44. The molecule has 8 heteroatoms. The van der Waals surface area contributed by atoms with E-state index in [-0.39, 0.29) is 11.8 Å². The van der Waals surface area contributed by atoms with Crippen molar-refractivity contribution in [2.24, 2.45) is 11.8 Å². The van der Waals surface area contributed by atoms with Crippen molar-refractivity contribution in [3.05, 3.63) is 52.8 Å². The van der Waals surface area contributed by atoms with Crippen molar-refractivity contribution in [1.29, 1.82) is 0 Å². The molecule has 1 atom stereocenters. The van der Waals surface area contributed by atoms with Crippen molar-refractivity contribution in [3.8, 4) is 10.6 Å². The Morgan fingerprint density at radius 3 is 2.50 bits per heavy atom. The van der Waals surface area contributed by atoms with E-state index in [1.165, 1.54) is 11.3 Å². The largest absolute Gasteiger partial charge is 0.481 e. The second kappa shape index (κ2) is 8.96. The van der Waals surface area contributed by atoms with Crippen LogP contribution in [0.15, 0.2) is 36.7 Å². The number of carboxylic acids is 1. The molecule has 4 rings (SSSR count). The number of hydrogen-bond donors (Lipinski definition) is 3. The number of rotatable bonds is 6. The lowest BCUT2D eigenvalue weighted by Crippen LogP contribution is -2.35. The maximum Gasteiger partial charge on any atom is 0.306 e. The van der Waals surface area contributed by atoms with Gasteiger partial charge in [-0.15, -0.1) is 11.3 Å².